The van der Waals surface area contributed by atoms with E-state index in [1.807, 2.05) is 4.90 Å². The first-order valence-electron chi connectivity index (χ1n) is 14.4. The largest absolute Gasteiger partial charge is 0.490 e. The van der Waals surface area contributed by atoms with Gasteiger partial charge in [0.25, 0.3) is 5.78 Å². The highest BCUT2D eigenvalue weighted by Crippen LogP contribution is 2.30. The first-order valence-corrected chi connectivity index (χ1v) is 16.1. The molecule has 0 amide bonds. The zero-order chi connectivity index (χ0) is 30.8. The molecule has 6 rings (SSSR count). The monoisotopic (exact) mass is 632 g/mol. The standard InChI is InChI=1S/C27H34F2N10O4S/c28-19-14-20(29)23(43-12-3-13-44(31,40)41)15-21(19)37-9-7-36(8-10-37)16-18-4-1-6-38(17-18)26-33-25(30)39-27(34-26)32-24(35-39)22-5-2-11-42-22/h2,5,11,14-15,18H,1,3-4,6-10,12-13,16-17H2,(H2,31,40,41)(H2,30,32,33,34,35)/t18-/m0/s1. The Kier molecular flexibility index (Phi) is 8.50. The molecule has 2 aliphatic heterocycles. The van der Waals surface area contributed by atoms with Gasteiger partial charge in [0.05, 0.1) is 24.3 Å². The quantitative estimate of drug-likeness (QED) is 0.243. The minimum absolute atomic E-state index is 0.0545. The number of nitrogens with zero attached hydrogens (tertiary/aromatic N) is 8. The second-order valence-electron chi connectivity index (χ2n) is 11.1. The smallest absolute Gasteiger partial charge is 0.259 e. The van der Waals surface area contributed by atoms with E-state index in [0.29, 0.717) is 55.4 Å². The lowest BCUT2D eigenvalue weighted by molar-refractivity contribution is 0.205. The van der Waals surface area contributed by atoms with Crippen LogP contribution in [0.4, 0.5) is 26.4 Å². The fraction of sp³-hybridized carbons (Fsp3) is 0.481. The first-order chi connectivity index (χ1) is 21.1. The maximum absolute atomic E-state index is 14.7. The van der Waals surface area contributed by atoms with E-state index in [-0.39, 0.29) is 36.2 Å². The Bertz CT molecular complexity index is 1710. The lowest BCUT2D eigenvalue weighted by Gasteiger charge is -2.40. The number of hydrogen-bond donors (Lipinski definition) is 2. The molecular weight excluding hydrogens is 598 g/mol. The third-order valence-electron chi connectivity index (χ3n) is 7.83. The normalized spacial score (nSPS) is 18.3. The van der Waals surface area contributed by atoms with Crippen LogP contribution in [-0.4, -0.2) is 96.1 Å². The molecule has 0 radical (unpaired) electrons. The SMILES string of the molecule is Nc1nc(N2CCC[C@@H](CN3CCN(c4cc(OCCCS(N)(=O)=O)c(F)cc4F)CC3)C2)nc2nc(-c3ccco3)nn12. The fourth-order valence-corrected chi connectivity index (χ4v) is 6.21. The molecule has 44 heavy (non-hydrogen) atoms. The van der Waals surface area contributed by atoms with Gasteiger partial charge in [0.15, 0.2) is 17.3 Å². The number of nitrogen functional groups attached to an aromatic ring is 1. The molecule has 4 aromatic rings. The number of ether oxygens (including phenoxy) is 1. The number of anilines is 3. The Morgan fingerprint density at radius 2 is 1.86 bits per heavy atom. The predicted octanol–water partition coefficient (Wildman–Crippen LogP) is 1.74. The lowest BCUT2D eigenvalue weighted by atomic mass is 9.97. The highest BCUT2D eigenvalue weighted by Gasteiger charge is 2.28. The van der Waals surface area contributed by atoms with E-state index in [2.05, 4.69) is 29.9 Å². The number of piperazine rings is 1. The van der Waals surface area contributed by atoms with Gasteiger partial charge in [-0.2, -0.15) is 19.5 Å². The summed E-state index contributed by atoms with van der Waals surface area (Å²) in [6.07, 6.45) is 3.68. The van der Waals surface area contributed by atoms with E-state index in [0.717, 1.165) is 38.5 Å². The molecule has 0 spiro atoms. The molecule has 236 valence electrons. The molecule has 0 bridgehead atoms. The topological polar surface area (TPSA) is 174 Å². The van der Waals surface area contributed by atoms with Crippen LogP contribution in [0.25, 0.3) is 17.4 Å². The molecule has 2 aliphatic rings. The van der Waals surface area contributed by atoms with Crippen molar-refractivity contribution in [3.8, 4) is 17.3 Å². The summed E-state index contributed by atoms with van der Waals surface area (Å²) in [7, 11) is -3.64. The zero-order valence-corrected chi connectivity index (χ0v) is 24.8. The molecule has 0 aliphatic carbocycles. The average Bonchev–Trinajstić information content (AvgIpc) is 3.67. The van der Waals surface area contributed by atoms with E-state index in [4.69, 9.17) is 20.0 Å². The summed E-state index contributed by atoms with van der Waals surface area (Å²) in [5.41, 5.74) is 6.46. The highest BCUT2D eigenvalue weighted by molar-refractivity contribution is 7.89. The van der Waals surface area contributed by atoms with Gasteiger partial charge in [-0.3, -0.25) is 4.90 Å². The number of primary sulfonamides is 1. The van der Waals surface area contributed by atoms with E-state index < -0.39 is 21.7 Å². The molecule has 1 atom stereocenters. The molecule has 1 aromatic carbocycles. The van der Waals surface area contributed by atoms with Crippen LogP contribution in [0.1, 0.15) is 19.3 Å². The number of sulfonamides is 1. The van der Waals surface area contributed by atoms with Crippen molar-refractivity contribution < 1.29 is 26.4 Å². The number of halogens is 2. The molecule has 14 nitrogen and oxygen atoms in total. The van der Waals surface area contributed by atoms with Crippen molar-refractivity contribution in [3.05, 3.63) is 42.2 Å². The molecule has 0 unspecified atom stereocenters. The molecule has 3 aromatic heterocycles. The van der Waals surface area contributed by atoms with Crippen LogP contribution in [0.15, 0.2) is 34.9 Å². The number of furan rings is 1. The summed E-state index contributed by atoms with van der Waals surface area (Å²) >= 11 is 0. The Labute approximate surface area is 252 Å². The van der Waals surface area contributed by atoms with Crippen LogP contribution in [0.5, 0.6) is 5.75 Å². The maximum Gasteiger partial charge on any atom is 0.259 e. The van der Waals surface area contributed by atoms with Gasteiger partial charge >= 0.3 is 0 Å². The van der Waals surface area contributed by atoms with E-state index >= 15 is 0 Å². The molecule has 2 fully saturated rings. The Hall–Kier alpha value is -4.09. The number of piperidine rings is 1. The van der Waals surface area contributed by atoms with Crippen LogP contribution in [0.3, 0.4) is 0 Å². The van der Waals surface area contributed by atoms with Gasteiger partial charge in [0.2, 0.25) is 27.7 Å². The van der Waals surface area contributed by atoms with E-state index in [1.54, 1.807) is 18.4 Å². The van der Waals surface area contributed by atoms with Gasteiger partial charge in [-0.25, -0.2) is 22.3 Å². The van der Waals surface area contributed by atoms with Gasteiger partial charge in [-0.05, 0) is 37.3 Å². The molecule has 17 heteroatoms. The second kappa shape index (κ2) is 12.5. The molecule has 5 heterocycles. The zero-order valence-electron chi connectivity index (χ0n) is 24.0. The third kappa shape index (κ3) is 6.84. The van der Waals surface area contributed by atoms with Crippen LogP contribution in [-0.2, 0) is 10.0 Å². The number of hydrogen-bond acceptors (Lipinski definition) is 12. The predicted molar refractivity (Wildman–Crippen MR) is 159 cm³/mol. The van der Waals surface area contributed by atoms with Crippen molar-refractivity contribution in [1.82, 2.24) is 29.5 Å². The van der Waals surface area contributed by atoms with Crippen LogP contribution in [0, 0.1) is 17.6 Å². The van der Waals surface area contributed by atoms with Gasteiger partial charge < -0.3 is 24.7 Å². The van der Waals surface area contributed by atoms with E-state index in [1.165, 1.54) is 10.6 Å². The van der Waals surface area contributed by atoms with Crippen molar-refractivity contribution >= 4 is 33.4 Å². The van der Waals surface area contributed by atoms with Crippen molar-refractivity contribution in [2.75, 3.05) is 73.7 Å². The summed E-state index contributed by atoms with van der Waals surface area (Å²) in [5.74, 6) is 0.410. The fourth-order valence-electron chi connectivity index (χ4n) is 5.69. The molecule has 0 saturated carbocycles. The maximum atomic E-state index is 14.7. The molecular formula is C27H34F2N10O4S. The molecule has 4 N–H and O–H groups in total. The minimum Gasteiger partial charge on any atom is -0.490 e. The van der Waals surface area contributed by atoms with Gasteiger partial charge in [-0.15, -0.1) is 5.10 Å². The average molecular weight is 633 g/mol. The second-order valence-corrected chi connectivity index (χ2v) is 12.8. The van der Waals surface area contributed by atoms with E-state index in [9.17, 15) is 17.2 Å². The Morgan fingerprint density at radius 3 is 2.61 bits per heavy atom. The number of nitrogens with two attached hydrogens (primary N) is 2. The van der Waals surface area contributed by atoms with Crippen LogP contribution in [0.2, 0.25) is 0 Å². The summed E-state index contributed by atoms with van der Waals surface area (Å²) in [6.45, 7) is 4.91. The van der Waals surface area contributed by atoms with Crippen molar-refractivity contribution in [2.45, 2.75) is 19.3 Å². The van der Waals surface area contributed by atoms with Gasteiger partial charge in [-0.1, -0.05) is 0 Å². The highest BCUT2D eigenvalue weighted by atomic mass is 32.2. The summed E-state index contributed by atoms with van der Waals surface area (Å²) in [5, 5.41) is 9.35. The van der Waals surface area contributed by atoms with Crippen molar-refractivity contribution in [3.63, 3.8) is 0 Å². The first kappa shape index (κ1) is 30.0. The summed E-state index contributed by atoms with van der Waals surface area (Å²) in [4.78, 5) is 19.9. The summed E-state index contributed by atoms with van der Waals surface area (Å²) < 4.78 is 63.5. The minimum atomic E-state index is -3.64. The summed E-state index contributed by atoms with van der Waals surface area (Å²) in [6, 6.07) is 5.66. The van der Waals surface area contributed by atoms with Crippen molar-refractivity contribution in [1.29, 1.82) is 0 Å². The third-order valence-corrected chi connectivity index (χ3v) is 8.68. The van der Waals surface area contributed by atoms with Crippen LogP contribution >= 0.6 is 0 Å². The van der Waals surface area contributed by atoms with Crippen LogP contribution < -0.4 is 25.4 Å². The number of fused-ring (bicyclic) bond motifs is 1. The van der Waals surface area contributed by atoms with Gasteiger partial charge in [0, 0.05) is 57.9 Å². The number of aromatic nitrogens is 5. The molecule has 2 saturated heterocycles. The Morgan fingerprint density at radius 1 is 1.05 bits per heavy atom. The number of rotatable bonds is 10. The van der Waals surface area contributed by atoms with Gasteiger partial charge in [0.1, 0.15) is 5.82 Å². The Balaban J connectivity index is 1.04. The van der Waals surface area contributed by atoms with Crippen molar-refractivity contribution in [2.24, 2.45) is 11.1 Å². The number of benzene rings is 1. The lowest BCUT2D eigenvalue weighted by Crippen LogP contribution is -2.50.